The lowest BCUT2D eigenvalue weighted by atomic mass is 9.97. The number of rotatable bonds is 8. The summed E-state index contributed by atoms with van der Waals surface area (Å²) in [5.41, 5.74) is 9.29. The number of halogens is 1. The van der Waals surface area contributed by atoms with Gasteiger partial charge >= 0.3 is 0 Å². The van der Waals surface area contributed by atoms with Gasteiger partial charge in [0.05, 0.1) is 5.92 Å². The van der Waals surface area contributed by atoms with Crippen LogP contribution in [0.25, 0.3) is 0 Å². The van der Waals surface area contributed by atoms with E-state index >= 15 is 0 Å². The summed E-state index contributed by atoms with van der Waals surface area (Å²) < 4.78 is 0. The van der Waals surface area contributed by atoms with Crippen molar-refractivity contribution in [3.63, 3.8) is 0 Å². The van der Waals surface area contributed by atoms with Crippen LogP contribution >= 0.6 is 24.0 Å². The van der Waals surface area contributed by atoms with Crippen molar-refractivity contribution in [3.05, 3.63) is 71.3 Å². The Balaban J connectivity index is 0.00000363. The molecule has 32 heavy (non-hydrogen) atoms. The van der Waals surface area contributed by atoms with Gasteiger partial charge in [0.2, 0.25) is 5.91 Å². The van der Waals surface area contributed by atoms with E-state index in [1.165, 1.54) is 16.7 Å². The molecule has 1 amide bonds. The van der Waals surface area contributed by atoms with Crippen LogP contribution in [0.1, 0.15) is 42.4 Å². The lowest BCUT2D eigenvalue weighted by Crippen LogP contribution is -2.40. The van der Waals surface area contributed by atoms with Gasteiger partial charge in [-0.1, -0.05) is 61.5 Å². The van der Waals surface area contributed by atoms with Gasteiger partial charge in [-0.05, 0) is 42.0 Å². The highest BCUT2D eigenvalue weighted by molar-refractivity contribution is 14.0. The van der Waals surface area contributed by atoms with Crippen LogP contribution in [0.3, 0.4) is 0 Å². The molecule has 0 saturated carbocycles. The van der Waals surface area contributed by atoms with Crippen LogP contribution in [0.15, 0.2) is 59.6 Å². The van der Waals surface area contributed by atoms with Crippen LogP contribution in [0.2, 0.25) is 0 Å². The number of hydrogen-bond acceptors (Lipinski definition) is 3. The molecule has 2 unspecified atom stereocenters. The zero-order valence-electron chi connectivity index (χ0n) is 19.1. The molecule has 174 valence electrons. The average molecular weight is 550 g/mol. The van der Waals surface area contributed by atoms with Crippen LogP contribution in [-0.4, -0.2) is 43.4 Å². The van der Waals surface area contributed by atoms with E-state index in [2.05, 4.69) is 76.0 Å². The lowest BCUT2D eigenvalue weighted by Gasteiger charge is -2.31. The lowest BCUT2D eigenvalue weighted by molar-refractivity contribution is -0.123. The first kappa shape index (κ1) is 26.1. The molecule has 4 N–H and O–H groups in total. The topological polar surface area (TPSA) is 82.8 Å². The van der Waals surface area contributed by atoms with E-state index in [0.717, 1.165) is 45.0 Å². The first-order valence-electron chi connectivity index (χ1n) is 11.1. The summed E-state index contributed by atoms with van der Waals surface area (Å²) in [5, 5.41) is 6.83. The Morgan fingerprint density at radius 2 is 1.91 bits per heavy atom. The molecule has 2 aromatic rings. The Hall–Kier alpha value is -2.13. The molecule has 1 saturated heterocycles. The van der Waals surface area contributed by atoms with Crippen LogP contribution in [0, 0.1) is 5.92 Å². The molecule has 2 aromatic carbocycles. The van der Waals surface area contributed by atoms with Crippen molar-refractivity contribution >= 4 is 35.8 Å². The molecular weight excluding hydrogens is 513 g/mol. The predicted molar refractivity (Wildman–Crippen MR) is 142 cm³/mol. The molecule has 1 fully saturated rings. The summed E-state index contributed by atoms with van der Waals surface area (Å²) in [6, 6.07) is 19.1. The summed E-state index contributed by atoms with van der Waals surface area (Å²) in [6.07, 6.45) is 1.93. The van der Waals surface area contributed by atoms with Gasteiger partial charge in [0.15, 0.2) is 5.96 Å². The monoisotopic (exact) mass is 549 g/mol. The van der Waals surface area contributed by atoms with E-state index in [9.17, 15) is 4.79 Å². The van der Waals surface area contributed by atoms with Crippen LogP contribution in [-0.2, 0) is 17.9 Å². The normalized spacial score (nSPS) is 17.8. The van der Waals surface area contributed by atoms with Gasteiger partial charge < -0.3 is 16.4 Å². The van der Waals surface area contributed by atoms with Gasteiger partial charge in [0.25, 0.3) is 0 Å². The Morgan fingerprint density at radius 3 is 2.62 bits per heavy atom. The van der Waals surface area contributed by atoms with E-state index < -0.39 is 0 Å². The molecule has 1 heterocycles. The number of guanidine groups is 1. The van der Waals surface area contributed by atoms with Crippen LogP contribution < -0.4 is 16.4 Å². The van der Waals surface area contributed by atoms with E-state index in [4.69, 9.17) is 5.73 Å². The fraction of sp³-hybridized carbons (Fsp3) is 0.440. The number of primary amides is 1. The highest BCUT2D eigenvalue weighted by atomic mass is 127. The molecule has 1 aliphatic heterocycles. The Kier molecular flexibility index (Phi) is 11.0. The van der Waals surface area contributed by atoms with Gasteiger partial charge in [-0.2, -0.15) is 0 Å². The van der Waals surface area contributed by atoms with Crippen LogP contribution in [0.5, 0.6) is 0 Å². The van der Waals surface area contributed by atoms with E-state index in [0.29, 0.717) is 12.5 Å². The largest absolute Gasteiger partial charge is 0.369 e. The fourth-order valence-electron chi connectivity index (χ4n) is 4.08. The highest BCUT2D eigenvalue weighted by Gasteiger charge is 2.23. The molecule has 3 rings (SSSR count). The number of amides is 1. The molecule has 0 aliphatic carbocycles. The Bertz CT molecular complexity index is 874. The SMILES string of the molecule is CN=C(NCc1cccc(CN2CCCC(C(N)=O)C2)c1)NCC(C)c1ccccc1.I. The third-order valence-corrected chi connectivity index (χ3v) is 5.93. The molecular formula is C25H36IN5O. The van der Waals surface area contributed by atoms with Crippen molar-refractivity contribution in [1.82, 2.24) is 15.5 Å². The van der Waals surface area contributed by atoms with Crippen molar-refractivity contribution in [2.75, 3.05) is 26.7 Å². The predicted octanol–water partition coefficient (Wildman–Crippen LogP) is 3.47. The summed E-state index contributed by atoms with van der Waals surface area (Å²) in [5.74, 6) is 1.000. The van der Waals surface area contributed by atoms with E-state index in [-0.39, 0.29) is 35.8 Å². The smallest absolute Gasteiger partial charge is 0.221 e. The third kappa shape index (κ3) is 8.09. The number of hydrogen-bond donors (Lipinski definition) is 3. The fourth-order valence-corrected chi connectivity index (χ4v) is 4.08. The molecule has 0 aromatic heterocycles. The molecule has 7 heteroatoms. The number of aliphatic imine (C=N–C) groups is 1. The number of carbonyl (C=O) groups excluding carboxylic acids is 1. The zero-order chi connectivity index (χ0) is 22.1. The Morgan fingerprint density at radius 1 is 1.16 bits per heavy atom. The van der Waals surface area contributed by atoms with Crippen molar-refractivity contribution in [1.29, 1.82) is 0 Å². The second-order valence-electron chi connectivity index (χ2n) is 8.41. The minimum Gasteiger partial charge on any atom is -0.369 e. The summed E-state index contributed by atoms with van der Waals surface area (Å²) in [6.45, 7) is 6.36. The van der Waals surface area contributed by atoms with Crippen molar-refractivity contribution in [3.8, 4) is 0 Å². The van der Waals surface area contributed by atoms with Gasteiger partial charge in [-0.3, -0.25) is 14.7 Å². The summed E-state index contributed by atoms with van der Waals surface area (Å²) in [7, 11) is 1.80. The van der Waals surface area contributed by atoms with Crippen molar-refractivity contribution < 1.29 is 4.79 Å². The van der Waals surface area contributed by atoms with Crippen molar-refractivity contribution in [2.24, 2.45) is 16.6 Å². The number of nitrogens with one attached hydrogen (secondary N) is 2. The minimum absolute atomic E-state index is 0. The highest BCUT2D eigenvalue weighted by Crippen LogP contribution is 2.19. The molecule has 6 nitrogen and oxygen atoms in total. The standard InChI is InChI=1S/C25H35N5O.HI/c1-19(22-10-4-3-5-11-22)15-28-25(27-2)29-16-20-8-6-9-21(14-20)17-30-13-7-12-23(18-30)24(26)31;/h3-6,8-11,14,19,23H,7,12-13,15-18H2,1-2H3,(H2,26,31)(H2,27,28,29);1H. The summed E-state index contributed by atoms with van der Waals surface area (Å²) >= 11 is 0. The van der Waals surface area contributed by atoms with Crippen molar-refractivity contribution in [2.45, 2.75) is 38.8 Å². The van der Waals surface area contributed by atoms with E-state index in [1.807, 2.05) is 6.07 Å². The first-order chi connectivity index (χ1) is 15.0. The van der Waals surface area contributed by atoms with Gasteiger partial charge in [-0.15, -0.1) is 24.0 Å². The zero-order valence-corrected chi connectivity index (χ0v) is 21.4. The number of carbonyl (C=O) groups is 1. The minimum atomic E-state index is -0.178. The number of benzene rings is 2. The van der Waals surface area contributed by atoms with Gasteiger partial charge in [0, 0.05) is 33.2 Å². The molecule has 1 aliphatic rings. The first-order valence-corrected chi connectivity index (χ1v) is 11.1. The third-order valence-electron chi connectivity index (χ3n) is 5.93. The summed E-state index contributed by atoms with van der Waals surface area (Å²) in [4.78, 5) is 18.2. The average Bonchev–Trinajstić information content (AvgIpc) is 2.80. The maximum absolute atomic E-state index is 11.5. The van der Waals surface area contributed by atoms with E-state index in [1.54, 1.807) is 7.05 Å². The second-order valence-corrected chi connectivity index (χ2v) is 8.41. The number of piperidine rings is 1. The second kappa shape index (κ2) is 13.4. The molecule has 0 bridgehead atoms. The van der Waals surface area contributed by atoms with Crippen LogP contribution in [0.4, 0.5) is 0 Å². The number of nitrogens with zero attached hydrogens (tertiary/aromatic N) is 2. The number of likely N-dealkylation sites (tertiary alicyclic amines) is 1. The maximum atomic E-state index is 11.5. The Labute approximate surface area is 209 Å². The maximum Gasteiger partial charge on any atom is 0.221 e. The van der Waals surface area contributed by atoms with Gasteiger partial charge in [0.1, 0.15) is 0 Å². The quantitative estimate of drug-likeness (QED) is 0.268. The molecule has 2 atom stereocenters. The number of nitrogens with two attached hydrogens (primary N) is 1. The molecule has 0 spiro atoms. The molecule has 0 radical (unpaired) electrons. The van der Waals surface area contributed by atoms with Gasteiger partial charge in [-0.25, -0.2) is 0 Å².